The molecule has 0 nitrogen and oxygen atoms in total. The molecule has 0 bridgehead atoms. The monoisotopic (exact) mass is 378 g/mol. The number of rotatable bonds is 8. The van der Waals surface area contributed by atoms with Crippen LogP contribution < -0.4 is 0 Å². The van der Waals surface area contributed by atoms with E-state index in [2.05, 4.69) is 75.4 Å². The molecule has 0 aromatic heterocycles. The first-order chi connectivity index (χ1) is 13.7. The van der Waals surface area contributed by atoms with Crippen molar-refractivity contribution in [3.8, 4) is 0 Å². The Bertz CT molecular complexity index is 602. The van der Waals surface area contributed by atoms with Gasteiger partial charge in [0.05, 0.1) is 0 Å². The van der Waals surface area contributed by atoms with Crippen LogP contribution in [0.1, 0.15) is 88.8 Å². The first-order valence-electron chi connectivity index (χ1n) is 11.9. The molecule has 28 heavy (non-hydrogen) atoms. The molecule has 1 aliphatic rings. The summed E-state index contributed by atoms with van der Waals surface area (Å²) >= 11 is 0. The lowest BCUT2D eigenvalue weighted by Crippen LogP contribution is -2.16. The minimum Gasteiger partial charge on any atom is -0.0654 e. The summed E-state index contributed by atoms with van der Waals surface area (Å²) in [6, 6.07) is 20.0. The van der Waals surface area contributed by atoms with Gasteiger partial charge in [0, 0.05) is 0 Å². The van der Waals surface area contributed by atoms with Crippen molar-refractivity contribution >= 4 is 0 Å². The van der Waals surface area contributed by atoms with Gasteiger partial charge in [-0.15, -0.1) is 0 Å². The molecule has 154 valence electrons. The Morgan fingerprint density at radius 1 is 0.571 bits per heavy atom. The Morgan fingerprint density at radius 2 is 1.07 bits per heavy atom. The molecule has 0 heteroatoms. The van der Waals surface area contributed by atoms with Gasteiger partial charge >= 0.3 is 0 Å². The van der Waals surface area contributed by atoms with E-state index in [9.17, 15) is 0 Å². The van der Waals surface area contributed by atoms with Crippen molar-refractivity contribution in [3.63, 3.8) is 0 Å². The van der Waals surface area contributed by atoms with E-state index in [1.165, 1.54) is 81.8 Å². The fourth-order valence-corrected chi connectivity index (χ4v) is 4.53. The molecular formula is C28H42. The highest BCUT2D eigenvalue weighted by atomic mass is 14.3. The van der Waals surface area contributed by atoms with Crippen LogP contribution in [-0.2, 0) is 19.3 Å². The first kappa shape index (κ1) is 22.7. The van der Waals surface area contributed by atoms with Gasteiger partial charge in [0.25, 0.3) is 0 Å². The van der Waals surface area contributed by atoms with Gasteiger partial charge in [-0.2, -0.15) is 0 Å². The zero-order valence-electron chi connectivity index (χ0n) is 18.6. The molecule has 0 aliphatic heterocycles. The van der Waals surface area contributed by atoms with Crippen LogP contribution >= 0.6 is 0 Å². The van der Waals surface area contributed by atoms with Gasteiger partial charge in [-0.3, -0.25) is 0 Å². The van der Waals surface area contributed by atoms with Crippen LogP contribution in [0.15, 0.2) is 54.6 Å². The highest BCUT2D eigenvalue weighted by Gasteiger charge is 2.20. The molecule has 0 atom stereocenters. The summed E-state index contributed by atoms with van der Waals surface area (Å²) in [6.07, 6.45) is 14.9. The van der Waals surface area contributed by atoms with E-state index in [0.717, 1.165) is 11.8 Å². The summed E-state index contributed by atoms with van der Waals surface area (Å²) in [5.74, 6) is 1.98. The van der Waals surface area contributed by atoms with Gasteiger partial charge in [0.15, 0.2) is 0 Å². The largest absolute Gasteiger partial charge is 0.0654 e. The minimum absolute atomic E-state index is 0.949. The third-order valence-electron chi connectivity index (χ3n) is 6.13. The Hall–Kier alpha value is -1.56. The molecule has 1 fully saturated rings. The van der Waals surface area contributed by atoms with E-state index in [4.69, 9.17) is 0 Å². The fourth-order valence-electron chi connectivity index (χ4n) is 4.53. The standard InChI is InChI=1S/C19H30.C9H12/c1-3-5-16-7-11-18(12-8-16)15-19-13-9-17(6-4-2)10-14-19;1-2-6-9-7-4-3-5-8-9/h7-8,11-12,17,19H,3-6,9-10,13-15H2,1-2H3;3-5,7-8H,2,6H2,1H3. The molecule has 0 saturated heterocycles. The Kier molecular flexibility index (Phi) is 11.0. The highest BCUT2D eigenvalue weighted by Crippen LogP contribution is 2.33. The van der Waals surface area contributed by atoms with Gasteiger partial charge in [-0.1, -0.05) is 114 Å². The first-order valence-corrected chi connectivity index (χ1v) is 11.9. The van der Waals surface area contributed by atoms with Gasteiger partial charge in [-0.05, 0) is 60.6 Å². The third kappa shape index (κ3) is 8.63. The molecule has 0 heterocycles. The molecule has 0 N–H and O–H groups in total. The molecular weight excluding hydrogens is 336 g/mol. The predicted octanol–water partition coefficient (Wildman–Crippen LogP) is 8.43. The molecule has 0 spiro atoms. The molecule has 1 saturated carbocycles. The van der Waals surface area contributed by atoms with Crippen molar-refractivity contribution in [2.75, 3.05) is 0 Å². The van der Waals surface area contributed by atoms with Crippen molar-refractivity contribution in [3.05, 3.63) is 71.3 Å². The lowest BCUT2D eigenvalue weighted by atomic mass is 9.78. The van der Waals surface area contributed by atoms with Crippen LogP contribution in [0.25, 0.3) is 0 Å². The van der Waals surface area contributed by atoms with Crippen molar-refractivity contribution in [1.82, 2.24) is 0 Å². The van der Waals surface area contributed by atoms with Crippen molar-refractivity contribution in [1.29, 1.82) is 0 Å². The van der Waals surface area contributed by atoms with Crippen LogP contribution in [0.4, 0.5) is 0 Å². The maximum Gasteiger partial charge on any atom is -0.0250 e. The maximum atomic E-state index is 2.36. The van der Waals surface area contributed by atoms with Gasteiger partial charge in [0.2, 0.25) is 0 Å². The van der Waals surface area contributed by atoms with Crippen LogP contribution in [-0.4, -0.2) is 0 Å². The fraction of sp³-hybridized carbons (Fsp3) is 0.571. The predicted molar refractivity (Wildman–Crippen MR) is 125 cm³/mol. The second kappa shape index (κ2) is 13.6. The van der Waals surface area contributed by atoms with E-state index in [1.54, 1.807) is 5.56 Å². The summed E-state index contributed by atoms with van der Waals surface area (Å²) < 4.78 is 0. The van der Waals surface area contributed by atoms with E-state index >= 15 is 0 Å². The van der Waals surface area contributed by atoms with Crippen molar-refractivity contribution < 1.29 is 0 Å². The van der Waals surface area contributed by atoms with Crippen molar-refractivity contribution in [2.24, 2.45) is 11.8 Å². The van der Waals surface area contributed by atoms with E-state index in [-0.39, 0.29) is 0 Å². The molecule has 0 amide bonds. The molecule has 0 radical (unpaired) electrons. The Morgan fingerprint density at radius 3 is 1.61 bits per heavy atom. The zero-order valence-corrected chi connectivity index (χ0v) is 18.6. The lowest BCUT2D eigenvalue weighted by molar-refractivity contribution is 0.261. The molecule has 1 aliphatic carbocycles. The zero-order chi connectivity index (χ0) is 20.0. The topological polar surface area (TPSA) is 0 Å². The second-order valence-electron chi connectivity index (χ2n) is 8.68. The molecule has 2 aromatic carbocycles. The third-order valence-corrected chi connectivity index (χ3v) is 6.13. The summed E-state index contributed by atoms with van der Waals surface area (Å²) in [4.78, 5) is 0. The van der Waals surface area contributed by atoms with Crippen molar-refractivity contribution in [2.45, 2.75) is 91.4 Å². The average molecular weight is 379 g/mol. The molecule has 0 unspecified atom stereocenters. The van der Waals surface area contributed by atoms with Crippen LogP contribution in [0.3, 0.4) is 0 Å². The minimum atomic E-state index is 0.949. The van der Waals surface area contributed by atoms with Gasteiger partial charge < -0.3 is 0 Å². The number of aryl methyl sites for hydroxylation is 2. The highest BCUT2D eigenvalue weighted by molar-refractivity contribution is 5.23. The normalized spacial score (nSPS) is 19.0. The Balaban J connectivity index is 0.000000261. The smallest absolute Gasteiger partial charge is 0.0250 e. The van der Waals surface area contributed by atoms with Gasteiger partial charge in [0.1, 0.15) is 0 Å². The van der Waals surface area contributed by atoms with Crippen LogP contribution in [0, 0.1) is 11.8 Å². The molecule has 2 aromatic rings. The van der Waals surface area contributed by atoms with Gasteiger partial charge in [-0.25, -0.2) is 0 Å². The average Bonchev–Trinajstić information content (AvgIpc) is 2.73. The summed E-state index contributed by atoms with van der Waals surface area (Å²) in [5, 5.41) is 0. The molecule has 3 rings (SSSR count). The van der Waals surface area contributed by atoms with Crippen LogP contribution in [0.2, 0.25) is 0 Å². The quantitative estimate of drug-likeness (QED) is 0.432. The van der Waals surface area contributed by atoms with E-state index in [0.29, 0.717) is 0 Å². The summed E-state index contributed by atoms with van der Waals surface area (Å²) in [7, 11) is 0. The summed E-state index contributed by atoms with van der Waals surface area (Å²) in [6.45, 7) is 6.78. The summed E-state index contributed by atoms with van der Waals surface area (Å²) in [5.41, 5.74) is 4.50. The number of hydrogen-bond acceptors (Lipinski definition) is 0. The van der Waals surface area contributed by atoms with E-state index < -0.39 is 0 Å². The van der Waals surface area contributed by atoms with E-state index in [1.807, 2.05) is 0 Å². The number of hydrogen-bond donors (Lipinski definition) is 0. The van der Waals surface area contributed by atoms with Crippen LogP contribution in [0.5, 0.6) is 0 Å². The lowest BCUT2D eigenvalue weighted by Gasteiger charge is -2.28. The number of benzene rings is 2. The Labute approximate surface area is 174 Å². The second-order valence-corrected chi connectivity index (χ2v) is 8.68. The maximum absolute atomic E-state index is 2.36. The SMILES string of the molecule is CCCc1ccc(CC2CCC(CCC)CC2)cc1.CCCc1ccccc1.